The van der Waals surface area contributed by atoms with Crippen molar-refractivity contribution in [2.24, 2.45) is 0 Å². The summed E-state index contributed by atoms with van der Waals surface area (Å²) in [6.45, 7) is 1.79. The zero-order chi connectivity index (χ0) is 15.0. The minimum absolute atomic E-state index is 0.304. The van der Waals surface area contributed by atoms with Crippen molar-refractivity contribution in [3.8, 4) is 17.1 Å². The molecule has 7 heteroatoms. The van der Waals surface area contributed by atoms with Gasteiger partial charge in [-0.1, -0.05) is 11.6 Å². The fraction of sp³-hybridized carbons (Fsp3) is 0.0714. The molecule has 1 heterocycles. The first-order valence-electron chi connectivity index (χ1n) is 6.16. The molecular weight excluding hydrogens is 293 g/mol. The Morgan fingerprint density at radius 3 is 2.71 bits per heavy atom. The normalized spacial score (nSPS) is 10.8. The highest BCUT2D eigenvalue weighted by Gasteiger charge is 2.13. The van der Waals surface area contributed by atoms with E-state index in [1.807, 2.05) is 0 Å². The highest BCUT2D eigenvalue weighted by Crippen LogP contribution is 2.27. The topological polar surface area (TPSA) is 69.6 Å². The van der Waals surface area contributed by atoms with E-state index in [0.29, 0.717) is 22.2 Å². The second kappa shape index (κ2) is 5.14. The Labute approximate surface area is 125 Å². The molecule has 0 saturated heterocycles. The SMILES string of the molecule is Cc1cc(F)ccc1-n1nnnc1-c1ccc(Cl)c(N)c1. The van der Waals surface area contributed by atoms with Crippen molar-refractivity contribution >= 4 is 17.3 Å². The summed E-state index contributed by atoms with van der Waals surface area (Å²) in [7, 11) is 0. The second-order valence-electron chi connectivity index (χ2n) is 4.58. The first kappa shape index (κ1) is 13.5. The number of nitrogens with two attached hydrogens (primary N) is 1. The molecule has 0 fully saturated rings. The monoisotopic (exact) mass is 303 g/mol. The van der Waals surface area contributed by atoms with Gasteiger partial charge in [0.15, 0.2) is 5.82 Å². The largest absolute Gasteiger partial charge is 0.398 e. The average Bonchev–Trinajstić information content (AvgIpc) is 2.91. The molecule has 3 rings (SSSR count). The van der Waals surface area contributed by atoms with Crippen LogP contribution >= 0.6 is 11.6 Å². The third-order valence-corrected chi connectivity index (χ3v) is 3.45. The Morgan fingerprint density at radius 1 is 1.19 bits per heavy atom. The fourth-order valence-electron chi connectivity index (χ4n) is 2.07. The van der Waals surface area contributed by atoms with Crippen molar-refractivity contribution in [3.63, 3.8) is 0 Å². The van der Waals surface area contributed by atoms with Gasteiger partial charge in [0.2, 0.25) is 0 Å². The van der Waals surface area contributed by atoms with Crippen molar-refractivity contribution in [2.45, 2.75) is 6.92 Å². The Kier molecular flexibility index (Phi) is 3.31. The molecule has 0 spiro atoms. The third-order valence-electron chi connectivity index (χ3n) is 3.11. The summed E-state index contributed by atoms with van der Waals surface area (Å²) in [5, 5.41) is 12.1. The molecule has 0 amide bonds. The minimum Gasteiger partial charge on any atom is -0.398 e. The lowest BCUT2D eigenvalue weighted by Gasteiger charge is -2.08. The van der Waals surface area contributed by atoms with Crippen molar-refractivity contribution in [1.29, 1.82) is 0 Å². The number of nitrogens with zero attached hydrogens (tertiary/aromatic N) is 4. The summed E-state index contributed by atoms with van der Waals surface area (Å²) < 4.78 is 14.8. The molecule has 0 aliphatic carbocycles. The molecule has 3 aromatic rings. The molecule has 0 atom stereocenters. The van der Waals surface area contributed by atoms with E-state index >= 15 is 0 Å². The van der Waals surface area contributed by atoms with Crippen LogP contribution in [-0.4, -0.2) is 20.2 Å². The smallest absolute Gasteiger partial charge is 0.187 e. The summed E-state index contributed by atoms with van der Waals surface area (Å²) in [6.07, 6.45) is 0. The van der Waals surface area contributed by atoms with Crippen molar-refractivity contribution in [2.75, 3.05) is 5.73 Å². The van der Waals surface area contributed by atoms with E-state index in [2.05, 4.69) is 15.5 Å². The summed E-state index contributed by atoms with van der Waals surface area (Å²) >= 11 is 5.92. The van der Waals surface area contributed by atoms with Gasteiger partial charge in [0, 0.05) is 5.56 Å². The van der Waals surface area contributed by atoms with E-state index in [1.165, 1.54) is 16.8 Å². The van der Waals surface area contributed by atoms with Crippen LogP contribution in [0.25, 0.3) is 17.1 Å². The van der Waals surface area contributed by atoms with Gasteiger partial charge in [-0.15, -0.1) is 5.10 Å². The van der Waals surface area contributed by atoms with E-state index in [-0.39, 0.29) is 5.82 Å². The van der Waals surface area contributed by atoms with Crippen LogP contribution in [0.3, 0.4) is 0 Å². The summed E-state index contributed by atoms with van der Waals surface area (Å²) in [5.74, 6) is 0.203. The molecule has 0 bridgehead atoms. The number of hydrogen-bond donors (Lipinski definition) is 1. The zero-order valence-electron chi connectivity index (χ0n) is 11.1. The highest BCUT2D eigenvalue weighted by atomic mass is 35.5. The number of halogens is 2. The number of hydrogen-bond acceptors (Lipinski definition) is 4. The van der Waals surface area contributed by atoms with Crippen LogP contribution < -0.4 is 5.73 Å². The molecule has 5 nitrogen and oxygen atoms in total. The summed E-state index contributed by atoms with van der Waals surface area (Å²) in [5.41, 5.74) is 8.40. The van der Waals surface area contributed by atoms with Crippen LogP contribution in [0, 0.1) is 12.7 Å². The van der Waals surface area contributed by atoms with Crippen LogP contribution in [-0.2, 0) is 0 Å². The first-order valence-corrected chi connectivity index (χ1v) is 6.54. The Bertz CT molecular complexity index is 815. The van der Waals surface area contributed by atoms with Gasteiger partial charge in [0.25, 0.3) is 0 Å². The van der Waals surface area contributed by atoms with E-state index in [4.69, 9.17) is 17.3 Å². The number of aromatic nitrogens is 4. The number of tetrazole rings is 1. The van der Waals surface area contributed by atoms with Gasteiger partial charge in [-0.25, -0.2) is 4.39 Å². The molecule has 2 aromatic carbocycles. The van der Waals surface area contributed by atoms with Crippen LogP contribution in [0.15, 0.2) is 36.4 Å². The summed E-state index contributed by atoms with van der Waals surface area (Å²) in [4.78, 5) is 0. The molecule has 0 aliphatic rings. The van der Waals surface area contributed by atoms with Gasteiger partial charge >= 0.3 is 0 Å². The first-order chi connectivity index (χ1) is 10.1. The Morgan fingerprint density at radius 2 is 2.00 bits per heavy atom. The molecule has 0 unspecified atom stereocenters. The number of benzene rings is 2. The van der Waals surface area contributed by atoms with Crippen molar-refractivity contribution in [1.82, 2.24) is 20.2 Å². The molecule has 1 aromatic heterocycles. The van der Waals surface area contributed by atoms with Gasteiger partial charge in [0.05, 0.1) is 16.4 Å². The van der Waals surface area contributed by atoms with E-state index in [0.717, 1.165) is 11.1 Å². The van der Waals surface area contributed by atoms with Crippen LogP contribution in [0.4, 0.5) is 10.1 Å². The average molecular weight is 304 g/mol. The predicted octanol–water partition coefficient (Wildman–Crippen LogP) is 3.01. The van der Waals surface area contributed by atoms with Crippen molar-refractivity contribution in [3.05, 3.63) is 52.8 Å². The van der Waals surface area contributed by atoms with Gasteiger partial charge in [-0.2, -0.15) is 4.68 Å². The minimum atomic E-state index is -0.304. The quantitative estimate of drug-likeness (QED) is 0.739. The van der Waals surface area contributed by atoms with Gasteiger partial charge in [-0.05, 0) is 59.3 Å². The fourth-order valence-corrected chi connectivity index (χ4v) is 2.19. The number of nitrogen functional groups attached to an aromatic ring is 1. The van der Waals surface area contributed by atoms with Gasteiger partial charge in [0.1, 0.15) is 5.82 Å². The maximum Gasteiger partial charge on any atom is 0.187 e. The van der Waals surface area contributed by atoms with Crippen LogP contribution in [0.2, 0.25) is 5.02 Å². The molecule has 2 N–H and O–H groups in total. The number of rotatable bonds is 2. The standard InChI is InChI=1S/C14H11ClFN5/c1-8-6-10(16)3-5-13(8)21-14(18-19-20-21)9-2-4-11(15)12(17)7-9/h2-7H,17H2,1H3. The maximum atomic E-state index is 13.2. The lowest BCUT2D eigenvalue weighted by atomic mass is 10.1. The van der Waals surface area contributed by atoms with Gasteiger partial charge < -0.3 is 5.73 Å². The summed E-state index contributed by atoms with van der Waals surface area (Å²) in [6, 6.07) is 9.58. The van der Waals surface area contributed by atoms with Gasteiger partial charge in [-0.3, -0.25) is 0 Å². The molecule has 0 saturated carbocycles. The molecule has 106 valence electrons. The van der Waals surface area contributed by atoms with E-state index < -0.39 is 0 Å². The zero-order valence-corrected chi connectivity index (χ0v) is 11.8. The predicted molar refractivity (Wildman–Crippen MR) is 78.7 cm³/mol. The lowest BCUT2D eigenvalue weighted by Crippen LogP contribution is -2.03. The van der Waals surface area contributed by atoms with Crippen LogP contribution in [0.1, 0.15) is 5.56 Å². The van der Waals surface area contributed by atoms with E-state index in [1.54, 1.807) is 31.2 Å². The van der Waals surface area contributed by atoms with Crippen molar-refractivity contribution < 1.29 is 4.39 Å². The van der Waals surface area contributed by atoms with E-state index in [9.17, 15) is 4.39 Å². The lowest BCUT2D eigenvalue weighted by molar-refractivity contribution is 0.625. The van der Waals surface area contributed by atoms with Crippen LogP contribution in [0.5, 0.6) is 0 Å². The molecule has 0 radical (unpaired) electrons. The second-order valence-corrected chi connectivity index (χ2v) is 4.99. The molecule has 21 heavy (non-hydrogen) atoms. The molecule has 0 aliphatic heterocycles. The third kappa shape index (κ3) is 2.45. The molecular formula is C14H11ClFN5. The number of aryl methyl sites for hydroxylation is 1. The Hall–Kier alpha value is -2.47. The Balaban J connectivity index is 2.14. The number of anilines is 1. The highest BCUT2D eigenvalue weighted by molar-refractivity contribution is 6.33. The maximum absolute atomic E-state index is 13.2.